The summed E-state index contributed by atoms with van der Waals surface area (Å²) in [6, 6.07) is 4.01. The summed E-state index contributed by atoms with van der Waals surface area (Å²) in [5, 5.41) is 10.8. The van der Waals surface area contributed by atoms with Crippen LogP contribution in [0.25, 0.3) is 0 Å². The second-order valence-electron chi connectivity index (χ2n) is 5.10. The van der Waals surface area contributed by atoms with Gasteiger partial charge in [0.1, 0.15) is 0 Å². The van der Waals surface area contributed by atoms with Crippen molar-refractivity contribution >= 4 is 29.9 Å². The molecule has 2 rings (SSSR count). The molecular weight excluding hydrogens is 403 g/mol. The van der Waals surface area contributed by atoms with Crippen LogP contribution < -0.4 is 10.6 Å². The first-order valence-corrected chi connectivity index (χ1v) is 7.61. The number of rotatable bonds is 7. The molecule has 126 valence electrons. The summed E-state index contributed by atoms with van der Waals surface area (Å²) < 4.78 is 1.93. The molecule has 0 aliphatic rings. The lowest BCUT2D eigenvalue weighted by atomic mass is 10.1. The van der Waals surface area contributed by atoms with Crippen molar-refractivity contribution in [2.45, 2.75) is 26.3 Å². The first-order chi connectivity index (χ1) is 10.8. The summed E-state index contributed by atoms with van der Waals surface area (Å²) in [5.41, 5.74) is 2.54. The SMILES string of the molecule is CN=C(NCCCn1cccn1)NCCc1ccncc1C.I. The summed E-state index contributed by atoms with van der Waals surface area (Å²) in [5.74, 6) is 0.840. The topological polar surface area (TPSA) is 67.1 Å². The average Bonchev–Trinajstić information content (AvgIpc) is 3.05. The summed E-state index contributed by atoms with van der Waals surface area (Å²) in [6.45, 7) is 4.72. The highest BCUT2D eigenvalue weighted by Gasteiger charge is 2.00. The Bertz CT molecular complexity index is 582. The Morgan fingerprint density at radius 1 is 1.26 bits per heavy atom. The molecule has 0 fully saturated rings. The monoisotopic (exact) mass is 428 g/mol. The Kier molecular flexibility index (Phi) is 9.27. The standard InChI is InChI=1S/C16H24N6.HI/c1-14-13-18-9-5-15(14)6-10-20-16(17-2)19-7-3-11-22-12-4-8-21-22;/h4-5,8-9,12-13H,3,6-7,10-11H2,1-2H3,(H2,17,19,20);1H. The predicted octanol–water partition coefficient (Wildman–Crippen LogP) is 2.00. The Morgan fingerprint density at radius 3 is 2.78 bits per heavy atom. The molecule has 0 aliphatic carbocycles. The third-order valence-corrected chi connectivity index (χ3v) is 3.46. The molecule has 7 heteroatoms. The third-order valence-electron chi connectivity index (χ3n) is 3.46. The summed E-state index contributed by atoms with van der Waals surface area (Å²) in [4.78, 5) is 8.35. The largest absolute Gasteiger partial charge is 0.356 e. The zero-order valence-electron chi connectivity index (χ0n) is 13.7. The van der Waals surface area contributed by atoms with Crippen molar-refractivity contribution in [3.8, 4) is 0 Å². The number of pyridine rings is 1. The van der Waals surface area contributed by atoms with Gasteiger partial charge in [0.05, 0.1) is 0 Å². The Morgan fingerprint density at radius 2 is 2.09 bits per heavy atom. The van der Waals surface area contributed by atoms with Crippen molar-refractivity contribution in [2.24, 2.45) is 4.99 Å². The number of nitrogens with one attached hydrogen (secondary N) is 2. The van der Waals surface area contributed by atoms with Gasteiger partial charge in [-0.2, -0.15) is 5.10 Å². The minimum absolute atomic E-state index is 0. The minimum atomic E-state index is 0. The Labute approximate surface area is 154 Å². The molecule has 0 spiro atoms. The van der Waals surface area contributed by atoms with E-state index in [1.165, 1.54) is 11.1 Å². The maximum absolute atomic E-state index is 4.24. The van der Waals surface area contributed by atoms with E-state index >= 15 is 0 Å². The molecule has 2 heterocycles. The second-order valence-corrected chi connectivity index (χ2v) is 5.10. The molecule has 2 aromatic rings. The van der Waals surface area contributed by atoms with Crippen molar-refractivity contribution in [1.29, 1.82) is 0 Å². The molecule has 0 aromatic carbocycles. The van der Waals surface area contributed by atoms with Crippen LogP contribution in [0.1, 0.15) is 17.5 Å². The fourth-order valence-electron chi connectivity index (χ4n) is 2.20. The van der Waals surface area contributed by atoms with E-state index < -0.39 is 0 Å². The zero-order valence-corrected chi connectivity index (χ0v) is 16.0. The highest BCUT2D eigenvalue weighted by molar-refractivity contribution is 14.0. The van der Waals surface area contributed by atoms with Gasteiger partial charge in [-0.3, -0.25) is 14.7 Å². The number of guanidine groups is 1. The number of aromatic nitrogens is 3. The number of hydrogen-bond donors (Lipinski definition) is 2. The lowest BCUT2D eigenvalue weighted by Gasteiger charge is -2.12. The van der Waals surface area contributed by atoms with Gasteiger partial charge in [0, 0.05) is 51.5 Å². The lowest BCUT2D eigenvalue weighted by Crippen LogP contribution is -2.39. The Hall–Kier alpha value is -1.64. The molecule has 6 nitrogen and oxygen atoms in total. The molecule has 0 radical (unpaired) electrons. The fourth-order valence-corrected chi connectivity index (χ4v) is 2.20. The van der Waals surface area contributed by atoms with E-state index in [2.05, 4.69) is 38.7 Å². The van der Waals surface area contributed by atoms with Gasteiger partial charge >= 0.3 is 0 Å². The van der Waals surface area contributed by atoms with Crippen LogP contribution >= 0.6 is 24.0 Å². The molecule has 23 heavy (non-hydrogen) atoms. The molecule has 0 unspecified atom stereocenters. The molecule has 0 aliphatic heterocycles. The molecule has 0 atom stereocenters. The lowest BCUT2D eigenvalue weighted by molar-refractivity contribution is 0.570. The van der Waals surface area contributed by atoms with Crippen molar-refractivity contribution in [3.05, 3.63) is 48.0 Å². The highest BCUT2D eigenvalue weighted by atomic mass is 127. The predicted molar refractivity (Wildman–Crippen MR) is 104 cm³/mol. The van der Waals surface area contributed by atoms with Crippen LogP contribution in [0.2, 0.25) is 0 Å². The molecule has 0 saturated heterocycles. The number of halogens is 1. The van der Waals surface area contributed by atoms with Crippen molar-refractivity contribution in [2.75, 3.05) is 20.1 Å². The van der Waals surface area contributed by atoms with Crippen molar-refractivity contribution in [3.63, 3.8) is 0 Å². The number of aliphatic imine (C=N–C) groups is 1. The molecule has 0 saturated carbocycles. The van der Waals surface area contributed by atoms with Gasteiger partial charge in [-0.1, -0.05) is 0 Å². The maximum Gasteiger partial charge on any atom is 0.190 e. The number of aryl methyl sites for hydroxylation is 2. The van der Waals surface area contributed by atoms with Gasteiger partial charge < -0.3 is 10.6 Å². The van der Waals surface area contributed by atoms with E-state index in [1.54, 1.807) is 13.2 Å². The average molecular weight is 428 g/mol. The van der Waals surface area contributed by atoms with E-state index in [0.717, 1.165) is 38.4 Å². The van der Waals surface area contributed by atoms with Crippen LogP contribution in [0.3, 0.4) is 0 Å². The molecule has 0 bridgehead atoms. The fraction of sp³-hybridized carbons (Fsp3) is 0.438. The van der Waals surface area contributed by atoms with Crippen LogP contribution in [-0.4, -0.2) is 40.9 Å². The minimum Gasteiger partial charge on any atom is -0.356 e. The van der Waals surface area contributed by atoms with Gasteiger partial charge in [0.15, 0.2) is 5.96 Å². The maximum atomic E-state index is 4.24. The van der Waals surface area contributed by atoms with E-state index in [0.29, 0.717) is 0 Å². The first kappa shape index (κ1) is 19.4. The van der Waals surface area contributed by atoms with Gasteiger partial charge in [0.2, 0.25) is 0 Å². The Balaban J connectivity index is 0.00000264. The van der Waals surface area contributed by atoms with E-state index in [9.17, 15) is 0 Å². The smallest absolute Gasteiger partial charge is 0.190 e. The van der Waals surface area contributed by atoms with E-state index in [4.69, 9.17) is 0 Å². The summed E-state index contributed by atoms with van der Waals surface area (Å²) in [7, 11) is 1.79. The van der Waals surface area contributed by atoms with Crippen LogP contribution in [0.5, 0.6) is 0 Å². The second kappa shape index (κ2) is 11.0. The number of hydrogen-bond acceptors (Lipinski definition) is 3. The highest BCUT2D eigenvalue weighted by Crippen LogP contribution is 2.04. The van der Waals surface area contributed by atoms with Gasteiger partial charge in [-0.25, -0.2) is 0 Å². The third kappa shape index (κ3) is 6.98. The molecular formula is C16H25IN6. The van der Waals surface area contributed by atoms with Crippen molar-refractivity contribution in [1.82, 2.24) is 25.4 Å². The van der Waals surface area contributed by atoms with Crippen LogP contribution in [-0.2, 0) is 13.0 Å². The van der Waals surface area contributed by atoms with Crippen molar-refractivity contribution < 1.29 is 0 Å². The first-order valence-electron chi connectivity index (χ1n) is 7.61. The van der Waals surface area contributed by atoms with Crippen LogP contribution in [0.15, 0.2) is 41.9 Å². The zero-order chi connectivity index (χ0) is 15.6. The van der Waals surface area contributed by atoms with Crippen LogP contribution in [0, 0.1) is 6.92 Å². The van der Waals surface area contributed by atoms with Gasteiger partial charge in [-0.05, 0) is 43.0 Å². The van der Waals surface area contributed by atoms with Crippen LogP contribution in [0.4, 0.5) is 0 Å². The van der Waals surface area contributed by atoms with Gasteiger partial charge in [0.25, 0.3) is 0 Å². The molecule has 0 amide bonds. The summed E-state index contributed by atoms with van der Waals surface area (Å²) >= 11 is 0. The van der Waals surface area contributed by atoms with E-state index in [1.807, 2.05) is 29.3 Å². The normalized spacial score (nSPS) is 11.0. The van der Waals surface area contributed by atoms with E-state index in [-0.39, 0.29) is 24.0 Å². The van der Waals surface area contributed by atoms with Gasteiger partial charge in [-0.15, -0.1) is 24.0 Å². The number of nitrogens with zero attached hydrogens (tertiary/aromatic N) is 4. The summed E-state index contributed by atoms with van der Waals surface area (Å²) in [6.07, 6.45) is 9.48. The molecule has 2 aromatic heterocycles. The molecule has 2 N–H and O–H groups in total. The quantitative estimate of drug-likeness (QED) is 0.307.